The molecular formula is C11H11ClN2O4. The number of rotatable bonds is 5. The van der Waals surface area contributed by atoms with Gasteiger partial charge in [-0.2, -0.15) is 0 Å². The molecule has 96 valence electrons. The monoisotopic (exact) mass is 270 g/mol. The van der Waals surface area contributed by atoms with Crippen molar-refractivity contribution in [2.24, 2.45) is 5.73 Å². The third-order valence-electron chi connectivity index (χ3n) is 2.13. The highest BCUT2D eigenvalue weighted by molar-refractivity contribution is 6.30. The number of aliphatic carboxylic acids is 1. The van der Waals surface area contributed by atoms with Crippen LogP contribution in [-0.4, -0.2) is 28.9 Å². The number of nitrogens with one attached hydrogen (secondary N) is 1. The van der Waals surface area contributed by atoms with Crippen molar-refractivity contribution >= 4 is 29.4 Å². The van der Waals surface area contributed by atoms with E-state index in [1.54, 1.807) is 0 Å². The topological polar surface area (TPSA) is 109 Å². The van der Waals surface area contributed by atoms with E-state index >= 15 is 0 Å². The highest BCUT2D eigenvalue weighted by atomic mass is 35.5. The predicted molar refractivity (Wildman–Crippen MR) is 64.2 cm³/mol. The van der Waals surface area contributed by atoms with Gasteiger partial charge in [-0.1, -0.05) is 11.6 Å². The van der Waals surface area contributed by atoms with E-state index in [2.05, 4.69) is 5.32 Å². The fourth-order valence-electron chi connectivity index (χ4n) is 1.24. The molecule has 7 heteroatoms. The van der Waals surface area contributed by atoms with Gasteiger partial charge in [0.1, 0.15) is 6.04 Å². The van der Waals surface area contributed by atoms with Crippen molar-refractivity contribution in [1.29, 1.82) is 0 Å². The molecule has 0 aliphatic rings. The minimum absolute atomic E-state index is 0.260. The summed E-state index contributed by atoms with van der Waals surface area (Å²) in [7, 11) is 0. The van der Waals surface area contributed by atoms with E-state index in [0.717, 1.165) is 0 Å². The van der Waals surface area contributed by atoms with Crippen LogP contribution in [0.5, 0.6) is 0 Å². The molecule has 0 aliphatic carbocycles. The van der Waals surface area contributed by atoms with Crippen LogP contribution in [0, 0.1) is 0 Å². The first-order valence-electron chi connectivity index (χ1n) is 4.97. The van der Waals surface area contributed by atoms with Crippen molar-refractivity contribution < 1.29 is 19.5 Å². The number of hydrogen-bond acceptors (Lipinski definition) is 3. The van der Waals surface area contributed by atoms with E-state index in [9.17, 15) is 14.4 Å². The summed E-state index contributed by atoms with van der Waals surface area (Å²) < 4.78 is 0. The van der Waals surface area contributed by atoms with Crippen LogP contribution in [0.4, 0.5) is 0 Å². The quantitative estimate of drug-likeness (QED) is 0.719. The van der Waals surface area contributed by atoms with Crippen LogP contribution >= 0.6 is 11.6 Å². The van der Waals surface area contributed by atoms with Gasteiger partial charge in [0.15, 0.2) is 0 Å². The average Bonchev–Trinajstić information content (AvgIpc) is 2.28. The smallest absolute Gasteiger partial charge is 0.305 e. The number of amides is 2. The summed E-state index contributed by atoms with van der Waals surface area (Å²) in [5.41, 5.74) is 5.26. The van der Waals surface area contributed by atoms with Crippen molar-refractivity contribution in [3.63, 3.8) is 0 Å². The lowest BCUT2D eigenvalue weighted by Crippen LogP contribution is -2.45. The molecule has 0 bridgehead atoms. The molecule has 1 aromatic rings. The second-order valence-electron chi connectivity index (χ2n) is 3.53. The van der Waals surface area contributed by atoms with E-state index in [0.29, 0.717) is 5.02 Å². The van der Waals surface area contributed by atoms with E-state index in [1.807, 2.05) is 0 Å². The van der Waals surface area contributed by atoms with Gasteiger partial charge >= 0.3 is 5.97 Å². The summed E-state index contributed by atoms with van der Waals surface area (Å²) in [6, 6.07) is 4.68. The van der Waals surface area contributed by atoms with Crippen LogP contribution in [0.2, 0.25) is 5.02 Å². The Morgan fingerprint density at radius 1 is 1.28 bits per heavy atom. The van der Waals surface area contributed by atoms with E-state index in [-0.39, 0.29) is 5.56 Å². The van der Waals surface area contributed by atoms with E-state index in [4.69, 9.17) is 22.4 Å². The summed E-state index contributed by atoms with van der Waals surface area (Å²) in [5.74, 6) is -2.72. The Morgan fingerprint density at radius 2 is 1.83 bits per heavy atom. The van der Waals surface area contributed by atoms with Gasteiger partial charge in [-0.05, 0) is 24.3 Å². The van der Waals surface area contributed by atoms with Gasteiger partial charge in [-0.3, -0.25) is 14.4 Å². The number of hydrogen-bond donors (Lipinski definition) is 3. The second-order valence-corrected chi connectivity index (χ2v) is 3.97. The van der Waals surface area contributed by atoms with Crippen LogP contribution < -0.4 is 11.1 Å². The number of carboxylic acids is 1. The fraction of sp³-hybridized carbons (Fsp3) is 0.182. The maximum absolute atomic E-state index is 11.7. The highest BCUT2D eigenvalue weighted by Crippen LogP contribution is 2.09. The molecular weight excluding hydrogens is 260 g/mol. The van der Waals surface area contributed by atoms with Crippen molar-refractivity contribution in [1.82, 2.24) is 5.32 Å². The van der Waals surface area contributed by atoms with Crippen molar-refractivity contribution in [3.05, 3.63) is 34.9 Å². The zero-order valence-corrected chi connectivity index (χ0v) is 9.98. The summed E-state index contributed by atoms with van der Waals surface area (Å²) in [5, 5.41) is 11.3. The number of primary amides is 1. The number of carbonyl (C=O) groups is 3. The molecule has 2 amide bonds. The first-order valence-corrected chi connectivity index (χ1v) is 5.35. The summed E-state index contributed by atoms with van der Waals surface area (Å²) in [6.07, 6.45) is -0.561. The third kappa shape index (κ3) is 4.06. The Hall–Kier alpha value is -2.08. The molecule has 0 saturated carbocycles. The highest BCUT2D eigenvalue weighted by Gasteiger charge is 2.21. The normalized spacial score (nSPS) is 11.6. The SMILES string of the molecule is NC(=O)[C@@H](CC(=O)O)NC(=O)c1ccc(Cl)cc1. The Kier molecular flexibility index (Phi) is 4.67. The number of halogens is 1. The number of benzene rings is 1. The molecule has 0 unspecified atom stereocenters. The molecule has 6 nitrogen and oxygen atoms in total. The minimum atomic E-state index is -1.24. The van der Waals surface area contributed by atoms with Crippen LogP contribution in [-0.2, 0) is 9.59 Å². The largest absolute Gasteiger partial charge is 0.481 e. The minimum Gasteiger partial charge on any atom is -0.481 e. The molecule has 0 saturated heterocycles. The summed E-state index contributed by atoms with van der Waals surface area (Å²) in [4.78, 5) is 33.2. The average molecular weight is 271 g/mol. The van der Waals surface area contributed by atoms with Crippen molar-refractivity contribution in [3.8, 4) is 0 Å². The molecule has 0 spiro atoms. The second kappa shape index (κ2) is 6.02. The molecule has 0 aliphatic heterocycles. The van der Waals surface area contributed by atoms with E-state index in [1.165, 1.54) is 24.3 Å². The van der Waals surface area contributed by atoms with E-state index < -0.39 is 30.2 Å². The van der Waals surface area contributed by atoms with Crippen LogP contribution in [0.25, 0.3) is 0 Å². The lowest BCUT2D eigenvalue weighted by Gasteiger charge is -2.13. The Morgan fingerprint density at radius 3 is 2.28 bits per heavy atom. The van der Waals surface area contributed by atoms with Gasteiger partial charge in [0.25, 0.3) is 5.91 Å². The summed E-state index contributed by atoms with van der Waals surface area (Å²) >= 11 is 5.66. The zero-order chi connectivity index (χ0) is 13.7. The molecule has 0 heterocycles. The first-order chi connectivity index (χ1) is 8.40. The fourth-order valence-corrected chi connectivity index (χ4v) is 1.37. The zero-order valence-electron chi connectivity index (χ0n) is 9.22. The van der Waals surface area contributed by atoms with Gasteiger partial charge in [0, 0.05) is 10.6 Å². The van der Waals surface area contributed by atoms with Gasteiger partial charge in [-0.25, -0.2) is 0 Å². The van der Waals surface area contributed by atoms with Crippen molar-refractivity contribution in [2.45, 2.75) is 12.5 Å². The Bertz CT molecular complexity index is 472. The Balaban J connectivity index is 2.75. The molecule has 1 atom stereocenters. The Labute approximate surface area is 108 Å². The van der Waals surface area contributed by atoms with Crippen LogP contribution in [0.15, 0.2) is 24.3 Å². The number of nitrogens with two attached hydrogens (primary N) is 1. The van der Waals surface area contributed by atoms with Gasteiger partial charge in [0.05, 0.1) is 6.42 Å². The van der Waals surface area contributed by atoms with Gasteiger partial charge in [-0.15, -0.1) is 0 Å². The number of carbonyl (C=O) groups excluding carboxylic acids is 2. The molecule has 18 heavy (non-hydrogen) atoms. The lowest BCUT2D eigenvalue weighted by molar-refractivity contribution is -0.139. The predicted octanol–water partition coefficient (Wildman–Crippen LogP) is 0.398. The molecule has 1 aromatic carbocycles. The van der Waals surface area contributed by atoms with Gasteiger partial charge < -0.3 is 16.2 Å². The van der Waals surface area contributed by atoms with Crippen LogP contribution in [0.3, 0.4) is 0 Å². The number of carboxylic acid groups (broad SMARTS) is 1. The summed E-state index contributed by atoms with van der Waals surface area (Å²) in [6.45, 7) is 0. The standard InChI is InChI=1S/C11H11ClN2O4/c12-7-3-1-6(2-4-7)11(18)14-8(10(13)17)5-9(15)16/h1-4,8H,5H2,(H2,13,17)(H,14,18)(H,15,16)/t8-/m1/s1. The molecule has 0 fully saturated rings. The maximum Gasteiger partial charge on any atom is 0.305 e. The molecule has 1 rings (SSSR count). The molecule has 0 radical (unpaired) electrons. The van der Waals surface area contributed by atoms with Gasteiger partial charge in [0.2, 0.25) is 5.91 Å². The maximum atomic E-state index is 11.7. The molecule has 0 aromatic heterocycles. The first kappa shape index (κ1) is 14.0. The lowest BCUT2D eigenvalue weighted by atomic mass is 10.1. The third-order valence-corrected chi connectivity index (χ3v) is 2.39. The molecule has 4 N–H and O–H groups in total. The van der Waals surface area contributed by atoms with Crippen molar-refractivity contribution in [2.75, 3.05) is 0 Å². The van der Waals surface area contributed by atoms with Crippen LogP contribution in [0.1, 0.15) is 16.8 Å².